The number of fused-ring (bicyclic) bond motifs is 1. The first-order chi connectivity index (χ1) is 12.7. The number of carbonyl (C=O) groups excluding carboxylic acids is 1. The minimum Gasteiger partial charge on any atom is -0.472 e. The van der Waals surface area contributed by atoms with Gasteiger partial charge >= 0.3 is 0 Å². The second-order valence-electron chi connectivity index (χ2n) is 7.02. The van der Waals surface area contributed by atoms with Gasteiger partial charge in [-0.3, -0.25) is 10.2 Å². The number of hydrogen-bond donors (Lipinski definition) is 3. The van der Waals surface area contributed by atoms with Gasteiger partial charge in [0, 0.05) is 17.6 Å². The van der Waals surface area contributed by atoms with Crippen molar-refractivity contribution in [2.45, 2.75) is 44.3 Å². The third-order valence-corrected chi connectivity index (χ3v) is 5.43. The number of nitrogens with zero attached hydrogens (tertiary/aromatic N) is 2. The molecule has 0 bridgehead atoms. The Bertz CT molecular complexity index is 842. The third kappa shape index (κ3) is 3.09. The van der Waals surface area contributed by atoms with E-state index in [0.29, 0.717) is 28.9 Å². The summed E-state index contributed by atoms with van der Waals surface area (Å²) in [4.78, 5) is 16.8. The highest BCUT2D eigenvalue weighted by Crippen LogP contribution is 2.38. The number of nitriles is 1. The molecule has 1 saturated carbocycles. The van der Waals surface area contributed by atoms with Gasteiger partial charge in [0.2, 0.25) is 0 Å². The average Bonchev–Trinajstić information content (AvgIpc) is 3.30. The Labute approximate surface area is 151 Å². The van der Waals surface area contributed by atoms with Crippen molar-refractivity contribution in [1.82, 2.24) is 21.2 Å². The number of furan rings is 1. The molecule has 0 spiro atoms. The van der Waals surface area contributed by atoms with Crippen LogP contribution in [0.25, 0.3) is 0 Å². The molecule has 4 unspecified atom stereocenters. The maximum Gasteiger partial charge on any atom is 0.270 e. The lowest BCUT2D eigenvalue weighted by Gasteiger charge is -2.33. The zero-order valence-corrected chi connectivity index (χ0v) is 14.5. The summed E-state index contributed by atoms with van der Waals surface area (Å²) in [6.45, 7) is 1.74. The van der Waals surface area contributed by atoms with Crippen molar-refractivity contribution in [3.8, 4) is 6.07 Å². The van der Waals surface area contributed by atoms with Gasteiger partial charge in [-0.1, -0.05) is 0 Å². The summed E-state index contributed by atoms with van der Waals surface area (Å²) >= 11 is 0. The molecule has 0 aromatic carbocycles. The lowest BCUT2D eigenvalue weighted by Crippen LogP contribution is -2.44. The molecule has 2 aromatic rings. The number of nitrogens with one attached hydrogen (secondary N) is 3. The topological polar surface area (TPSA) is 103 Å². The molecule has 2 fully saturated rings. The van der Waals surface area contributed by atoms with E-state index in [1.165, 1.54) is 0 Å². The van der Waals surface area contributed by atoms with Crippen LogP contribution in [0.1, 0.15) is 52.6 Å². The molecule has 134 valence electrons. The Morgan fingerprint density at radius 2 is 2.23 bits per heavy atom. The van der Waals surface area contributed by atoms with E-state index in [9.17, 15) is 4.79 Å². The Morgan fingerprint density at radius 1 is 1.35 bits per heavy atom. The van der Waals surface area contributed by atoms with E-state index < -0.39 is 0 Å². The van der Waals surface area contributed by atoms with Crippen molar-refractivity contribution in [1.29, 1.82) is 5.26 Å². The Kier molecular flexibility index (Phi) is 4.45. The van der Waals surface area contributed by atoms with Gasteiger partial charge in [0.1, 0.15) is 11.8 Å². The molecule has 1 aliphatic carbocycles. The first-order valence-corrected chi connectivity index (χ1v) is 8.87. The summed E-state index contributed by atoms with van der Waals surface area (Å²) in [5.74, 6) is 0.210. The fourth-order valence-corrected chi connectivity index (χ4v) is 4.04. The number of amides is 1. The van der Waals surface area contributed by atoms with Crippen molar-refractivity contribution in [3.63, 3.8) is 0 Å². The molecule has 4 rings (SSSR count). The minimum absolute atomic E-state index is 0.109. The lowest BCUT2D eigenvalue weighted by atomic mass is 9.77. The molecule has 26 heavy (non-hydrogen) atoms. The van der Waals surface area contributed by atoms with E-state index in [-0.39, 0.29) is 18.0 Å². The van der Waals surface area contributed by atoms with E-state index in [1.54, 1.807) is 31.6 Å². The summed E-state index contributed by atoms with van der Waals surface area (Å²) in [5.41, 5.74) is 9.29. The van der Waals surface area contributed by atoms with Gasteiger partial charge in [0.05, 0.1) is 29.8 Å². The Balaban J connectivity index is 1.43. The molecule has 7 heteroatoms. The number of hydrogen-bond acceptors (Lipinski definition) is 6. The molecule has 1 saturated heterocycles. The van der Waals surface area contributed by atoms with E-state index in [2.05, 4.69) is 27.2 Å². The average molecular weight is 351 g/mol. The van der Waals surface area contributed by atoms with Crippen molar-refractivity contribution in [2.24, 2.45) is 5.92 Å². The van der Waals surface area contributed by atoms with Gasteiger partial charge in [-0.2, -0.15) is 5.26 Å². The summed E-state index contributed by atoms with van der Waals surface area (Å²) in [7, 11) is 0. The number of aromatic nitrogens is 1. The van der Waals surface area contributed by atoms with Gasteiger partial charge in [-0.15, -0.1) is 0 Å². The van der Waals surface area contributed by atoms with E-state index in [0.717, 1.165) is 24.8 Å². The zero-order valence-electron chi connectivity index (χ0n) is 14.5. The van der Waals surface area contributed by atoms with Crippen molar-refractivity contribution in [2.75, 3.05) is 0 Å². The molecule has 2 aromatic heterocycles. The molecule has 3 heterocycles. The highest BCUT2D eigenvalue weighted by atomic mass is 16.3. The van der Waals surface area contributed by atoms with E-state index in [4.69, 9.17) is 9.68 Å². The number of carbonyl (C=O) groups is 1. The molecule has 2 aliphatic rings. The van der Waals surface area contributed by atoms with Crippen LogP contribution in [0.15, 0.2) is 35.1 Å². The molecule has 3 N–H and O–H groups in total. The fourth-order valence-electron chi connectivity index (χ4n) is 4.04. The maximum absolute atomic E-state index is 12.6. The second kappa shape index (κ2) is 6.90. The largest absolute Gasteiger partial charge is 0.472 e. The summed E-state index contributed by atoms with van der Waals surface area (Å²) in [6, 6.07) is 8.01. The van der Waals surface area contributed by atoms with Crippen molar-refractivity contribution >= 4 is 5.91 Å². The standard InChI is InChI=1S/C19H21N5O2/c1-11-12(9-20)2-4-17(21-11)19(25)22-14-3-5-16-15(8-14)18(24-23-16)13-6-7-26-10-13/h2,4,6-7,10,14-16,18,23-24H,3,5,8H2,1H3,(H,22,25). The quantitative estimate of drug-likeness (QED) is 0.781. The SMILES string of the molecule is Cc1nc(C(=O)NC2CCC3NNC(c4ccoc4)C3C2)ccc1C#N. The minimum atomic E-state index is -0.181. The number of pyridine rings is 1. The van der Waals surface area contributed by atoms with E-state index in [1.807, 2.05) is 6.07 Å². The zero-order chi connectivity index (χ0) is 18.1. The van der Waals surface area contributed by atoms with E-state index >= 15 is 0 Å². The van der Waals surface area contributed by atoms with Gasteiger partial charge in [-0.25, -0.2) is 10.4 Å². The van der Waals surface area contributed by atoms with Crippen LogP contribution in [0.3, 0.4) is 0 Å². The van der Waals surface area contributed by atoms with Crippen LogP contribution in [-0.2, 0) is 0 Å². The van der Waals surface area contributed by atoms with Gasteiger partial charge < -0.3 is 9.73 Å². The molecular formula is C19H21N5O2. The fraction of sp³-hybridized carbons (Fsp3) is 0.421. The molecule has 1 amide bonds. The maximum atomic E-state index is 12.6. The first-order valence-electron chi connectivity index (χ1n) is 8.87. The van der Waals surface area contributed by atoms with Gasteiger partial charge in [0.15, 0.2) is 0 Å². The van der Waals surface area contributed by atoms with Crippen molar-refractivity contribution < 1.29 is 9.21 Å². The first kappa shape index (κ1) is 16.8. The normalized spacial score (nSPS) is 27.5. The second-order valence-corrected chi connectivity index (χ2v) is 7.02. The number of aryl methyl sites for hydroxylation is 1. The molecule has 7 nitrogen and oxygen atoms in total. The molecule has 0 radical (unpaired) electrons. The third-order valence-electron chi connectivity index (χ3n) is 5.43. The summed E-state index contributed by atoms with van der Waals surface area (Å²) in [5, 5.41) is 12.1. The Hall–Kier alpha value is -2.69. The van der Waals surface area contributed by atoms with Crippen LogP contribution in [0.4, 0.5) is 0 Å². The van der Waals surface area contributed by atoms with Crippen LogP contribution >= 0.6 is 0 Å². The van der Waals surface area contributed by atoms with Crippen LogP contribution in [0.2, 0.25) is 0 Å². The predicted octanol–water partition coefficient (Wildman–Crippen LogP) is 1.97. The Morgan fingerprint density at radius 3 is 2.96 bits per heavy atom. The molecular weight excluding hydrogens is 330 g/mol. The summed E-state index contributed by atoms with van der Waals surface area (Å²) < 4.78 is 5.22. The highest BCUT2D eigenvalue weighted by Gasteiger charge is 2.41. The highest BCUT2D eigenvalue weighted by molar-refractivity contribution is 5.92. The number of rotatable bonds is 3. The van der Waals surface area contributed by atoms with Gasteiger partial charge in [-0.05, 0) is 50.3 Å². The van der Waals surface area contributed by atoms with Crippen LogP contribution in [0, 0.1) is 24.2 Å². The summed E-state index contributed by atoms with van der Waals surface area (Å²) in [6.07, 6.45) is 6.27. The smallest absolute Gasteiger partial charge is 0.270 e. The van der Waals surface area contributed by atoms with Crippen LogP contribution in [-0.4, -0.2) is 23.0 Å². The van der Waals surface area contributed by atoms with Crippen LogP contribution < -0.4 is 16.2 Å². The monoisotopic (exact) mass is 351 g/mol. The van der Waals surface area contributed by atoms with Gasteiger partial charge in [0.25, 0.3) is 5.91 Å². The number of hydrazine groups is 1. The predicted molar refractivity (Wildman–Crippen MR) is 93.8 cm³/mol. The molecule has 1 aliphatic heterocycles. The lowest BCUT2D eigenvalue weighted by molar-refractivity contribution is 0.0910. The van der Waals surface area contributed by atoms with Crippen molar-refractivity contribution in [3.05, 3.63) is 53.2 Å². The molecule has 4 atom stereocenters. The van der Waals surface area contributed by atoms with Crippen LogP contribution in [0.5, 0.6) is 0 Å².